The van der Waals surface area contributed by atoms with Gasteiger partial charge in [0.25, 0.3) is 5.91 Å². The molecule has 1 atom stereocenters. The van der Waals surface area contributed by atoms with Gasteiger partial charge in [-0.05, 0) is 38.1 Å². The van der Waals surface area contributed by atoms with Gasteiger partial charge in [-0.3, -0.25) is 9.48 Å². The van der Waals surface area contributed by atoms with Gasteiger partial charge < -0.3 is 10.6 Å². The van der Waals surface area contributed by atoms with E-state index in [1.165, 1.54) is 5.56 Å². The highest BCUT2D eigenvalue weighted by molar-refractivity contribution is 6.04. The smallest absolute Gasteiger partial charge is 0.259 e. The topological polar surface area (TPSA) is 58.9 Å². The second kappa shape index (κ2) is 6.54. The van der Waals surface area contributed by atoms with Gasteiger partial charge in [0.05, 0.1) is 11.8 Å². The molecule has 1 amide bonds. The van der Waals surface area contributed by atoms with Crippen molar-refractivity contribution in [2.45, 2.75) is 26.8 Å². The van der Waals surface area contributed by atoms with Gasteiger partial charge in [0.15, 0.2) is 0 Å². The molecule has 5 nitrogen and oxygen atoms in total. The second-order valence-corrected chi connectivity index (χ2v) is 5.12. The molecule has 0 radical (unpaired) electrons. The molecule has 0 bridgehead atoms. The number of aromatic nitrogens is 2. The highest BCUT2D eigenvalue weighted by Crippen LogP contribution is 2.17. The predicted molar refractivity (Wildman–Crippen MR) is 84.4 cm³/mol. The maximum absolute atomic E-state index is 12.2. The number of anilines is 1. The van der Waals surface area contributed by atoms with E-state index in [0.29, 0.717) is 11.6 Å². The summed E-state index contributed by atoms with van der Waals surface area (Å²) in [6, 6.07) is 8.21. The number of aryl methyl sites for hydroxylation is 1. The van der Waals surface area contributed by atoms with Crippen molar-refractivity contribution in [3.63, 3.8) is 0 Å². The van der Waals surface area contributed by atoms with E-state index in [1.807, 2.05) is 38.2 Å². The molecule has 0 saturated carbocycles. The molecule has 1 unspecified atom stereocenters. The molecule has 0 saturated heterocycles. The number of amides is 1. The fraction of sp³-hybridized carbons (Fsp3) is 0.375. The summed E-state index contributed by atoms with van der Waals surface area (Å²) in [6.07, 6.45) is 1.59. The molecule has 0 aliphatic rings. The number of rotatable bonds is 5. The van der Waals surface area contributed by atoms with Gasteiger partial charge in [0.2, 0.25) is 0 Å². The minimum atomic E-state index is -0.131. The van der Waals surface area contributed by atoms with Crippen molar-refractivity contribution in [1.82, 2.24) is 15.1 Å². The Morgan fingerprint density at radius 2 is 2.00 bits per heavy atom. The van der Waals surface area contributed by atoms with Crippen molar-refractivity contribution in [2.75, 3.05) is 11.9 Å². The number of hydrogen-bond donors (Lipinski definition) is 2. The van der Waals surface area contributed by atoms with Gasteiger partial charge in [-0.2, -0.15) is 5.10 Å². The zero-order valence-corrected chi connectivity index (χ0v) is 13.0. The average molecular weight is 286 g/mol. The first-order chi connectivity index (χ1) is 10.0. The molecule has 0 fully saturated rings. The lowest BCUT2D eigenvalue weighted by atomic mass is 10.1. The molecule has 1 heterocycles. The lowest BCUT2D eigenvalue weighted by molar-refractivity contribution is 0.102. The Morgan fingerprint density at radius 1 is 1.33 bits per heavy atom. The monoisotopic (exact) mass is 286 g/mol. The van der Waals surface area contributed by atoms with E-state index in [0.717, 1.165) is 17.9 Å². The van der Waals surface area contributed by atoms with Crippen molar-refractivity contribution < 1.29 is 4.79 Å². The normalized spacial score (nSPS) is 12.2. The van der Waals surface area contributed by atoms with Crippen molar-refractivity contribution in [3.05, 3.63) is 47.3 Å². The molecule has 0 aliphatic heterocycles. The zero-order valence-electron chi connectivity index (χ0n) is 13.0. The molecular weight excluding hydrogens is 264 g/mol. The third kappa shape index (κ3) is 3.49. The SMILES string of the molecule is CCNC(C)c1ccc(NC(=O)c2cnn(C)c2C)cc1. The van der Waals surface area contributed by atoms with E-state index in [4.69, 9.17) is 0 Å². The van der Waals surface area contributed by atoms with Gasteiger partial charge in [-0.1, -0.05) is 19.1 Å². The van der Waals surface area contributed by atoms with Gasteiger partial charge in [-0.25, -0.2) is 0 Å². The van der Waals surface area contributed by atoms with Crippen LogP contribution >= 0.6 is 0 Å². The molecule has 2 N–H and O–H groups in total. The molecule has 21 heavy (non-hydrogen) atoms. The molecule has 2 aromatic rings. The average Bonchev–Trinajstić information content (AvgIpc) is 2.80. The summed E-state index contributed by atoms with van der Waals surface area (Å²) < 4.78 is 1.69. The highest BCUT2D eigenvalue weighted by Gasteiger charge is 2.13. The van der Waals surface area contributed by atoms with E-state index >= 15 is 0 Å². The van der Waals surface area contributed by atoms with Gasteiger partial charge in [-0.15, -0.1) is 0 Å². The summed E-state index contributed by atoms with van der Waals surface area (Å²) in [7, 11) is 1.82. The lowest BCUT2D eigenvalue weighted by Gasteiger charge is -2.13. The Morgan fingerprint density at radius 3 is 2.52 bits per heavy atom. The Labute approximate surface area is 125 Å². The van der Waals surface area contributed by atoms with Crippen LogP contribution in [0.15, 0.2) is 30.5 Å². The molecule has 5 heteroatoms. The predicted octanol–water partition coefficient (Wildman–Crippen LogP) is 2.65. The fourth-order valence-electron chi connectivity index (χ4n) is 2.20. The van der Waals surface area contributed by atoms with Crippen molar-refractivity contribution in [3.8, 4) is 0 Å². The number of hydrogen-bond acceptors (Lipinski definition) is 3. The number of nitrogens with one attached hydrogen (secondary N) is 2. The third-order valence-corrected chi connectivity index (χ3v) is 3.66. The Hall–Kier alpha value is -2.14. The Balaban J connectivity index is 2.06. The molecule has 0 aliphatic carbocycles. The van der Waals surface area contributed by atoms with Crippen LogP contribution in [0.3, 0.4) is 0 Å². The van der Waals surface area contributed by atoms with Crippen LogP contribution in [-0.2, 0) is 7.05 Å². The van der Waals surface area contributed by atoms with Crippen LogP contribution in [0.2, 0.25) is 0 Å². The standard InChI is InChI=1S/C16H22N4O/c1-5-17-11(2)13-6-8-14(9-7-13)19-16(21)15-10-18-20(4)12(15)3/h6-11,17H,5H2,1-4H3,(H,19,21). The number of carbonyl (C=O) groups excluding carboxylic acids is 1. The number of benzene rings is 1. The van der Waals surface area contributed by atoms with E-state index in [9.17, 15) is 4.79 Å². The van der Waals surface area contributed by atoms with Gasteiger partial charge >= 0.3 is 0 Å². The van der Waals surface area contributed by atoms with Crippen LogP contribution in [0.4, 0.5) is 5.69 Å². The summed E-state index contributed by atoms with van der Waals surface area (Å²) in [5.74, 6) is -0.131. The van der Waals surface area contributed by atoms with Crippen LogP contribution in [0.5, 0.6) is 0 Å². The van der Waals surface area contributed by atoms with Crippen molar-refractivity contribution >= 4 is 11.6 Å². The van der Waals surface area contributed by atoms with E-state index in [-0.39, 0.29) is 5.91 Å². The molecule has 1 aromatic carbocycles. The number of carbonyl (C=O) groups is 1. The van der Waals surface area contributed by atoms with Gasteiger partial charge in [0, 0.05) is 24.5 Å². The first-order valence-corrected chi connectivity index (χ1v) is 7.16. The van der Waals surface area contributed by atoms with Crippen LogP contribution in [0.25, 0.3) is 0 Å². The molecular formula is C16H22N4O. The van der Waals surface area contributed by atoms with Crippen molar-refractivity contribution in [1.29, 1.82) is 0 Å². The summed E-state index contributed by atoms with van der Waals surface area (Å²) in [5.41, 5.74) is 3.44. The maximum atomic E-state index is 12.2. The van der Waals surface area contributed by atoms with Crippen LogP contribution in [0.1, 0.15) is 41.5 Å². The van der Waals surface area contributed by atoms with E-state index in [2.05, 4.69) is 29.6 Å². The zero-order chi connectivity index (χ0) is 15.4. The highest BCUT2D eigenvalue weighted by atomic mass is 16.1. The minimum Gasteiger partial charge on any atom is -0.322 e. The summed E-state index contributed by atoms with van der Waals surface area (Å²) in [6.45, 7) is 7.01. The fourth-order valence-corrected chi connectivity index (χ4v) is 2.20. The maximum Gasteiger partial charge on any atom is 0.259 e. The second-order valence-electron chi connectivity index (χ2n) is 5.12. The first-order valence-electron chi connectivity index (χ1n) is 7.16. The Bertz CT molecular complexity index is 616. The van der Waals surface area contributed by atoms with Crippen LogP contribution < -0.4 is 10.6 Å². The molecule has 2 rings (SSSR count). The molecule has 1 aromatic heterocycles. The quantitative estimate of drug-likeness (QED) is 0.888. The largest absolute Gasteiger partial charge is 0.322 e. The van der Waals surface area contributed by atoms with Crippen LogP contribution in [0, 0.1) is 6.92 Å². The summed E-state index contributed by atoms with van der Waals surface area (Å²) >= 11 is 0. The minimum absolute atomic E-state index is 0.131. The molecule has 112 valence electrons. The van der Waals surface area contributed by atoms with E-state index in [1.54, 1.807) is 10.9 Å². The summed E-state index contributed by atoms with van der Waals surface area (Å²) in [5, 5.41) is 10.3. The number of nitrogens with zero attached hydrogens (tertiary/aromatic N) is 2. The Kier molecular flexibility index (Phi) is 4.75. The van der Waals surface area contributed by atoms with E-state index < -0.39 is 0 Å². The lowest BCUT2D eigenvalue weighted by Crippen LogP contribution is -2.17. The molecule has 0 spiro atoms. The van der Waals surface area contributed by atoms with Crippen LogP contribution in [-0.4, -0.2) is 22.2 Å². The van der Waals surface area contributed by atoms with Gasteiger partial charge in [0.1, 0.15) is 0 Å². The third-order valence-electron chi connectivity index (χ3n) is 3.66. The summed E-state index contributed by atoms with van der Waals surface area (Å²) in [4.78, 5) is 12.2. The first kappa shape index (κ1) is 15.3. The van der Waals surface area contributed by atoms with Crippen molar-refractivity contribution in [2.24, 2.45) is 7.05 Å².